The third kappa shape index (κ3) is 3.86. The highest BCUT2D eigenvalue weighted by atomic mass is 35.5. The van der Waals surface area contributed by atoms with Crippen molar-refractivity contribution >= 4 is 46.9 Å². The van der Waals surface area contributed by atoms with Crippen LogP contribution in [0.5, 0.6) is 0 Å². The highest BCUT2D eigenvalue weighted by Crippen LogP contribution is 2.29. The van der Waals surface area contributed by atoms with E-state index in [9.17, 15) is 0 Å². The molecule has 0 fully saturated rings. The Hall–Kier alpha value is -2.11. The molecule has 1 aliphatic rings. The first-order valence-electron chi connectivity index (χ1n) is 7.59. The molecule has 0 amide bonds. The maximum Gasteiger partial charge on any atom is 0.156 e. The molecule has 1 aromatic carbocycles. The molecule has 1 N–H and O–H groups in total. The topological polar surface area (TPSA) is 52.9 Å². The standard InChI is InChI=1S/C17H17Cl2N5/c1-12-4-3-7-21-17(12)23-11-24-9-8-20-15(24)10-22-14-6-2-5-13(18)16(14)19/h2-7,11,22H,8-10H2,1H3/b23-11+. The Morgan fingerprint density at radius 3 is 3.00 bits per heavy atom. The SMILES string of the molecule is Cc1cccnc1/N=C/N1CCN=C1CNc1cccc(Cl)c1Cl. The summed E-state index contributed by atoms with van der Waals surface area (Å²) in [5.41, 5.74) is 1.83. The molecular formula is C17H17Cl2N5. The van der Waals surface area contributed by atoms with Crippen molar-refractivity contribution in [3.63, 3.8) is 0 Å². The van der Waals surface area contributed by atoms with E-state index in [0.717, 1.165) is 36.0 Å². The number of nitrogens with zero attached hydrogens (tertiary/aromatic N) is 4. The van der Waals surface area contributed by atoms with E-state index < -0.39 is 0 Å². The molecule has 0 radical (unpaired) electrons. The second-order valence-electron chi connectivity index (χ2n) is 5.33. The van der Waals surface area contributed by atoms with Crippen molar-refractivity contribution in [3.05, 3.63) is 52.1 Å². The van der Waals surface area contributed by atoms with E-state index in [0.29, 0.717) is 16.6 Å². The van der Waals surface area contributed by atoms with Crippen LogP contribution in [-0.2, 0) is 0 Å². The summed E-state index contributed by atoms with van der Waals surface area (Å²) < 4.78 is 0. The molecule has 1 aromatic heterocycles. The van der Waals surface area contributed by atoms with Gasteiger partial charge in [-0.3, -0.25) is 4.99 Å². The van der Waals surface area contributed by atoms with Gasteiger partial charge in [0.2, 0.25) is 0 Å². The summed E-state index contributed by atoms with van der Waals surface area (Å²) in [5.74, 6) is 1.62. The summed E-state index contributed by atoms with van der Waals surface area (Å²) in [4.78, 5) is 15.3. The fourth-order valence-electron chi connectivity index (χ4n) is 2.34. The summed E-state index contributed by atoms with van der Waals surface area (Å²) in [6.45, 7) is 4.08. The summed E-state index contributed by atoms with van der Waals surface area (Å²) in [6.07, 6.45) is 3.52. The highest BCUT2D eigenvalue weighted by Gasteiger charge is 2.15. The fourth-order valence-corrected chi connectivity index (χ4v) is 2.71. The number of amidine groups is 1. The summed E-state index contributed by atoms with van der Waals surface area (Å²) in [6, 6.07) is 9.39. The number of rotatable bonds is 5. The summed E-state index contributed by atoms with van der Waals surface area (Å²) in [5, 5.41) is 4.31. The molecule has 0 bridgehead atoms. The van der Waals surface area contributed by atoms with Gasteiger partial charge in [0.05, 0.1) is 35.2 Å². The zero-order valence-electron chi connectivity index (χ0n) is 13.2. The first-order valence-corrected chi connectivity index (χ1v) is 8.34. The minimum Gasteiger partial charge on any atom is -0.377 e. The lowest BCUT2D eigenvalue weighted by Crippen LogP contribution is -2.31. The Morgan fingerprint density at radius 2 is 2.17 bits per heavy atom. The number of aliphatic imine (C=N–C) groups is 2. The Balaban J connectivity index is 1.66. The lowest BCUT2D eigenvalue weighted by molar-refractivity contribution is 0.677. The lowest BCUT2D eigenvalue weighted by atomic mass is 10.3. The minimum absolute atomic E-state index is 0.516. The van der Waals surface area contributed by atoms with Gasteiger partial charge in [0.25, 0.3) is 0 Å². The molecule has 7 heteroatoms. The van der Waals surface area contributed by atoms with Crippen molar-refractivity contribution in [1.29, 1.82) is 0 Å². The minimum atomic E-state index is 0.516. The second-order valence-corrected chi connectivity index (χ2v) is 6.12. The molecule has 2 aromatic rings. The lowest BCUT2D eigenvalue weighted by Gasteiger charge is -2.16. The predicted molar refractivity (Wildman–Crippen MR) is 101 cm³/mol. The average Bonchev–Trinajstić information content (AvgIpc) is 3.03. The van der Waals surface area contributed by atoms with Crippen molar-refractivity contribution in [3.8, 4) is 0 Å². The molecule has 0 saturated carbocycles. The third-order valence-corrected chi connectivity index (χ3v) is 4.48. The Bertz CT molecular complexity index is 788. The number of anilines is 1. The van der Waals surface area contributed by atoms with E-state index in [4.69, 9.17) is 23.2 Å². The Labute approximate surface area is 151 Å². The average molecular weight is 362 g/mol. The van der Waals surface area contributed by atoms with Gasteiger partial charge in [-0.25, -0.2) is 9.98 Å². The van der Waals surface area contributed by atoms with Gasteiger partial charge >= 0.3 is 0 Å². The second kappa shape index (κ2) is 7.64. The quantitative estimate of drug-likeness (QED) is 0.641. The molecule has 1 aliphatic heterocycles. The normalized spacial score (nSPS) is 14.3. The predicted octanol–water partition coefficient (Wildman–Crippen LogP) is 4.18. The van der Waals surface area contributed by atoms with Gasteiger partial charge in [-0.2, -0.15) is 0 Å². The van der Waals surface area contributed by atoms with Gasteiger partial charge in [0.1, 0.15) is 5.84 Å². The number of benzene rings is 1. The number of aromatic nitrogens is 1. The van der Waals surface area contributed by atoms with Crippen LogP contribution in [0.4, 0.5) is 11.5 Å². The number of pyridine rings is 1. The Kier molecular flexibility index (Phi) is 5.33. The van der Waals surface area contributed by atoms with Crippen LogP contribution in [-0.4, -0.2) is 41.7 Å². The van der Waals surface area contributed by atoms with E-state index in [2.05, 4.69) is 20.3 Å². The van der Waals surface area contributed by atoms with Crippen LogP contribution >= 0.6 is 23.2 Å². The summed E-state index contributed by atoms with van der Waals surface area (Å²) in [7, 11) is 0. The van der Waals surface area contributed by atoms with Gasteiger partial charge in [-0.1, -0.05) is 35.3 Å². The molecule has 0 unspecified atom stereocenters. The van der Waals surface area contributed by atoms with Crippen LogP contribution in [0, 0.1) is 6.92 Å². The highest BCUT2D eigenvalue weighted by molar-refractivity contribution is 6.43. The van der Waals surface area contributed by atoms with E-state index >= 15 is 0 Å². The van der Waals surface area contributed by atoms with Gasteiger partial charge in [-0.15, -0.1) is 0 Å². The molecule has 0 atom stereocenters. The molecule has 0 saturated heterocycles. The van der Waals surface area contributed by atoms with Crippen LogP contribution in [0.15, 0.2) is 46.5 Å². The van der Waals surface area contributed by atoms with Crippen molar-refractivity contribution in [2.75, 3.05) is 25.0 Å². The Morgan fingerprint density at radius 1 is 1.29 bits per heavy atom. The molecule has 3 rings (SSSR count). The van der Waals surface area contributed by atoms with Crippen LogP contribution in [0.25, 0.3) is 0 Å². The van der Waals surface area contributed by atoms with E-state index in [1.54, 1.807) is 18.6 Å². The number of aryl methyl sites for hydroxylation is 1. The molecule has 24 heavy (non-hydrogen) atoms. The number of halogens is 2. The molecular weight excluding hydrogens is 345 g/mol. The molecule has 2 heterocycles. The van der Waals surface area contributed by atoms with Crippen LogP contribution in [0.2, 0.25) is 10.0 Å². The van der Waals surface area contributed by atoms with Crippen molar-refractivity contribution < 1.29 is 0 Å². The van der Waals surface area contributed by atoms with Crippen LogP contribution < -0.4 is 5.32 Å². The van der Waals surface area contributed by atoms with E-state index in [-0.39, 0.29) is 0 Å². The van der Waals surface area contributed by atoms with E-state index in [1.165, 1.54) is 0 Å². The maximum absolute atomic E-state index is 6.19. The van der Waals surface area contributed by atoms with Crippen LogP contribution in [0.3, 0.4) is 0 Å². The first kappa shape index (κ1) is 16.7. The first-order chi connectivity index (χ1) is 11.6. The number of nitrogens with one attached hydrogen (secondary N) is 1. The monoisotopic (exact) mass is 361 g/mol. The zero-order chi connectivity index (χ0) is 16.9. The van der Waals surface area contributed by atoms with E-state index in [1.807, 2.05) is 36.1 Å². The third-order valence-electron chi connectivity index (χ3n) is 3.66. The smallest absolute Gasteiger partial charge is 0.156 e. The van der Waals surface area contributed by atoms with Crippen molar-refractivity contribution in [1.82, 2.24) is 9.88 Å². The molecule has 5 nitrogen and oxygen atoms in total. The van der Waals surface area contributed by atoms with Gasteiger partial charge in [0, 0.05) is 12.7 Å². The largest absolute Gasteiger partial charge is 0.377 e. The maximum atomic E-state index is 6.19. The molecule has 124 valence electrons. The molecule has 0 aliphatic carbocycles. The van der Waals surface area contributed by atoms with Gasteiger partial charge < -0.3 is 10.2 Å². The van der Waals surface area contributed by atoms with Crippen molar-refractivity contribution in [2.24, 2.45) is 9.98 Å². The van der Waals surface area contributed by atoms with Gasteiger partial charge in [-0.05, 0) is 30.7 Å². The summed E-state index contributed by atoms with van der Waals surface area (Å²) >= 11 is 12.2. The number of hydrogen-bond donors (Lipinski definition) is 1. The fraction of sp³-hybridized carbons (Fsp3) is 0.235. The zero-order valence-corrected chi connectivity index (χ0v) is 14.7. The van der Waals surface area contributed by atoms with Crippen molar-refractivity contribution in [2.45, 2.75) is 6.92 Å². The molecule has 0 spiro atoms. The van der Waals surface area contributed by atoms with Gasteiger partial charge in [0.15, 0.2) is 5.82 Å². The number of hydrogen-bond acceptors (Lipinski definition) is 4. The van der Waals surface area contributed by atoms with Crippen LogP contribution in [0.1, 0.15) is 5.56 Å².